The van der Waals surface area contributed by atoms with E-state index in [0.717, 1.165) is 17.3 Å². The summed E-state index contributed by atoms with van der Waals surface area (Å²) in [6.07, 6.45) is 1.20. The average molecular weight is 317 g/mol. The first-order valence-corrected chi connectivity index (χ1v) is 6.76. The predicted octanol–water partition coefficient (Wildman–Crippen LogP) is 2.92. The lowest BCUT2D eigenvalue weighted by atomic mass is 10.2. The standard InChI is InChI=1S/C13H17BrO4/c1-16-11-6-5-10(12(8-11)17-2)9-18-13(15)4-3-7-14/h5-6,8H,3-4,7,9H2,1-2H3. The number of carbonyl (C=O) groups excluding carboxylic acids is 1. The Morgan fingerprint density at radius 3 is 2.67 bits per heavy atom. The van der Waals surface area contributed by atoms with E-state index < -0.39 is 0 Å². The lowest BCUT2D eigenvalue weighted by Crippen LogP contribution is -2.05. The molecule has 0 spiro atoms. The minimum Gasteiger partial charge on any atom is -0.497 e. The van der Waals surface area contributed by atoms with Crippen molar-refractivity contribution in [3.05, 3.63) is 23.8 Å². The molecule has 1 aromatic carbocycles. The van der Waals surface area contributed by atoms with E-state index in [4.69, 9.17) is 14.2 Å². The Balaban J connectivity index is 2.58. The number of carbonyl (C=O) groups is 1. The van der Waals surface area contributed by atoms with Crippen molar-refractivity contribution in [2.75, 3.05) is 19.5 Å². The number of rotatable bonds is 7. The van der Waals surface area contributed by atoms with Gasteiger partial charge in [-0.1, -0.05) is 15.9 Å². The molecule has 18 heavy (non-hydrogen) atoms. The van der Waals surface area contributed by atoms with Crippen LogP contribution >= 0.6 is 15.9 Å². The zero-order valence-electron chi connectivity index (χ0n) is 10.6. The fraction of sp³-hybridized carbons (Fsp3) is 0.462. The van der Waals surface area contributed by atoms with Crippen LogP contribution in [0.2, 0.25) is 0 Å². The highest BCUT2D eigenvalue weighted by molar-refractivity contribution is 9.09. The van der Waals surface area contributed by atoms with E-state index >= 15 is 0 Å². The summed E-state index contributed by atoms with van der Waals surface area (Å²) in [5, 5.41) is 0.800. The Morgan fingerprint density at radius 1 is 1.28 bits per heavy atom. The molecule has 0 radical (unpaired) electrons. The zero-order valence-corrected chi connectivity index (χ0v) is 12.2. The molecule has 1 rings (SSSR count). The summed E-state index contributed by atoms with van der Waals surface area (Å²) in [4.78, 5) is 11.4. The quantitative estimate of drug-likeness (QED) is 0.573. The molecule has 0 bridgehead atoms. The van der Waals surface area contributed by atoms with Crippen molar-refractivity contribution in [2.45, 2.75) is 19.4 Å². The molecule has 5 heteroatoms. The van der Waals surface area contributed by atoms with Gasteiger partial charge in [-0.25, -0.2) is 0 Å². The summed E-state index contributed by atoms with van der Waals surface area (Å²) < 4.78 is 15.5. The molecule has 0 heterocycles. The summed E-state index contributed by atoms with van der Waals surface area (Å²) in [5.41, 5.74) is 0.825. The molecular formula is C13H17BrO4. The van der Waals surface area contributed by atoms with E-state index in [0.29, 0.717) is 17.9 Å². The first-order chi connectivity index (χ1) is 8.71. The van der Waals surface area contributed by atoms with Crippen molar-refractivity contribution in [1.82, 2.24) is 0 Å². The van der Waals surface area contributed by atoms with E-state index in [2.05, 4.69) is 15.9 Å². The van der Waals surface area contributed by atoms with Crippen LogP contribution in [0, 0.1) is 0 Å². The number of hydrogen-bond donors (Lipinski definition) is 0. The molecule has 0 unspecified atom stereocenters. The fourth-order valence-electron chi connectivity index (χ4n) is 1.41. The van der Waals surface area contributed by atoms with Crippen molar-refractivity contribution in [2.24, 2.45) is 0 Å². The molecule has 0 N–H and O–H groups in total. The number of hydrogen-bond acceptors (Lipinski definition) is 4. The maximum Gasteiger partial charge on any atom is 0.306 e. The van der Waals surface area contributed by atoms with Gasteiger partial charge < -0.3 is 14.2 Å². The molecule has 0 atom stereocenters. The summed E-state index contributed by atoms with van der Waals surface area (Å²) >= 11 is 3.27. The van der Waals surface area contributed by atoms with Crippen LogP contribution < -0.4 is 9.47 Å². The summed E-state index contributed by atoms with van der Waals surface area (Å²) in [6.45, 7) is 0.217. The highest BCUT2D eigenvalue weighted by Gasteiger charge is 2.08. The number of halogens is 1. The highest BCUT2D eigenvalue weighted by Crippen LogP contribution is 2.25. The largest absolute Gasteiger partial charge is 0.497 e. The first-order valence-electron chi connectivity index (χ1n) is 5.63. The van der Waals surface area contributed by atoms with E-state index in [1.165, 1.54) is 0 Å². The number of esters is 1. The topological polar surface area (TPSA) is 44.8 Å². The molecular weight excluding hydrogens is 300 g/mol. The van der Waals surface area contributed by atoms with Crippen LogP contribution in [-0.4, -0.2) is 25.5 Å². The Bertz CT molecular complexity index is 393. The Hall–Kier alpha value is -1.23. The number of alkyl halides is 1. The van der Waals surface area contributed by atoms with E-state index in [9.17, 15) is 4.79 Å². The number of ether oxygens (including phenoxy) is 3. The van der Waals surface area contributed by atoms with Gasteiger partial charge >= 0.3 is 5.97 Å². The highest BCUT2D eigenvalue weighted by atomic mass is 79.9. The maximum atomic E-state index is 11.4. The van der Waals surface area contributed by atoms with Crippen molar-refractivity contribution >= 4 is 21.9 Å². The first kappa shape index (κ1) is 14.8. The molecule has 0 amide bonds. The summed E-state index contributed by atoms with van der Waals surface area (Å²) in [5.74, 6) is 1.16. The van der Waals surface area contributed by atoms with Crippen LogP contribution in [0.15, 0.2) is 18.2 Å². The smallest absolute Gasteiger partial charge is 0.306 e. The maximum absolute atomic E-state index is 11.4. The second-order valence-electron chi connectivity index (χ2n) is 3.63. The van der Waals surface area contributed by atoms with Gasteiger partial charge in [0.15, 0.2) is 0 Å². The van der Waals surface area contributed by atoms with E-state index in [1.54, 1.807) is 20.3 Å². The van der Waals surface area contributed by atoms with E-state index in [-0.39, 0.29) is 12.6 Å². The zero-order chi connectivity index (χ0) is 13.4. The molecule has 0 fully saturated rings. The van der Waals surface area contributed by atoms with Gasteiger partial charge in [0.1, 0.15) is 18.1 Å². The van der Waals surface area contributed by atoms with E-state index in [1.807, 2.05) is 12.1 Å². The second-order valence-corrected chi connectivity index (χ2v) is 4.42. The predicted molar refractivity (Wildman–Crippen MR) is 72.4 cm³/mol. The van der Waals surface area contributed by atoms with Crippen molar-refractivity contribution in [3.63, 3.8) is 0 Å². The van der Waals surface area contributed by atoms with Gasteiger partial charge in [-0.15, -0.1) is 0 Å². The van der Waals surface area contributed by atoms with Gasteiger partial charge in [0, 0.05) is 23.4 Å². The van der Waals surface area contributed by atoms with Gasteiger partial charge in [0.2, 0.25) is 0 Å². The Labute approximate surface area is 115 Å². The fourth-order valence-corrected chi connectivity index (χ4v) is 1.69. The lowest BCUT2D eigenvalue weighted by Gasteiger charge is -2.10. The minimum atomic E-state index is -0.202. The molecule has 0 saturated carbocycles. The van der Waals surface area contributed by atoms with Crippen LogP contribution in [0.3, 0.4) is 0 Å². The second kappa shape index (κ2) is 7.97. The van der Waals surface area contributed by atoms with Crippen LogP contribution in [0.25, 0.3) is 0 Å². The van der Waals surface area contributed by atoms with Gasteiger partial charge in [-0.3, -0.25) is 4.79 Å². The van der Waals surface area contributed by atoms with Crippen molar-refractivity contribution < 1.29 is 19.0 Å². The molecule has 0 aliphatic heterocycles. The van der Waals surface area contributed by atoms with Crippen molar-refractivity contribution in [3.8, 4) is 11.5 Å². The Kier molecular flexibility index (Phi) is 6.57. The number of benzene rings is 1. The van der Waals surface area contributed by atoms with Crippen LogP contribution in [-0.2, 0) is 16.1 Å². The summed E-state index contributed by atoms with van der Waals surface area (Å²) in [6, 6.07) is 5.40. The molecule has 1 aromatic rings. The molecule has 0 saturated heterocycles. The monoisotopic (exact) mass is 316 g/mol. The molecule has 0 aromatic heterocycles. The number of methoxy groups -OCH3 is 2. The Morgan fingerprint density at radius 2 is 2.06 bits per heavy atom. The third-order valence-corrected chi connectivity index (χ3v) is 2.96. The van der Waals surface area contributed by atoms with Crippen LogP contribution in [0.1, 0.15) is 18.4 Å². The van der Waals surface area contributed by atoms with Gasteiger partial charge in [0.05, 0.1) is 14.2 Å². The van der Waals surface area contributed by atoms with Gasteiger partial charge in [-0.2, -0.15) is 0 Å². The van der Waals surface area contributed by atoms with Gasteiger partial charge in [-0.05, 0) is 18.6 Å². The van der Waals surface area contributed by atoms with Crippen LogP contribution in [0.4, 0.5) is 0 Å². The molecule has 0 aliphatic rings. The van der Waals surface area contributed by atoms with Gasteiger partial charge in [0.25, 0.3) is 0 Å². The molecule has 0 aliphatic carbocycles. The molecule has 4 nitrogen and oxygen atoms in total. The minimum absolute atomic E-state index is 0.202. The SMILES string of the molecule is COc1ccc(COC(=O)CCCBr)c(OC)c1. The molecule has 100 valence electrons. The third kappa shape index (κ3) is 4.56. The van der Waals surface area contributed by atoms with Crippen LogP contribution in [0.5, 0.6) is 11.5 Å². The lowest BCUT2D eigenvalue weighted by molar-refractivity contribution is -0.144. The average Bonchev–Trinajstić information content (AvgIpc) is 2.42. The normalized spacial score (nSPS) is 9.94. The third-order valence-electron chi connectivity index (χ3n) is 2.40. The van der Waals surface area contributed by atoms with Crippen molar-refractivity contribution in [1.29, 1.82) is 0 Å². The summed E-state index contributed by atoms with van der Waals surface area (Å²) in [7, 11) is 3.17.